The number of benzene rings is 1. The lowest BCUT2D eigenvalue weighted by Gasteiger charge is -2.31. The van der Waals surface area contributed by atoms with Gasteiger partial charge in [-0.3, -0.25) is 14.4 Å². The molecule has 0 unspecified atom stereocenters. The van der Waals surface area contributed by atoms with Crippen LogP contribution in [-0.4, -0.2) is 48.6 Å². The summed E-state index contributed by atoms with van der Waals surface area (Å²) in [7, 11) is 1.22. The molecule has 1 N–H and O–H groups in total. The minimum absolute atomic E-state index is 0.0139. The summed E-state index contributed by atoms with van der Waals surface area (Å²) >= 11 is 4.54. The zero-order valence-corrected chi connectivity index (χ0v) is 19.6. The van der Waals surface area contributed by atoms with Crippen molar-refractivity contribution in [2.24, 2.45) is 5.92 Å². The van der Waals surface area contributed by atoms with E-state index in [1.54, 1.807) is 18.2 Å². The normalized spacial score (nSPS) is 21.7. The van der Waals surface area contributed by atoms with E-state index in [9.17, 15) is 19.6 Å². The Bertz CT molecular complexity index is 935. The number of esters is 1. The van der Waals surface area contributed by atoms with Crippen LogP contribution in [0.25, 0.3) is 0 Å². The van der Waals surface area contributed by atoms with Gasteiger partial charge in [-0.15, -0.1) is 0 Å². The molecule has 2 aliphatic rings. The lowest BCUT2D eigenvalue weighted by molar-refractivity contribution is -0.150. The van der Waals surface area contributed by atoms with Gasteiger partial charge in [-0.2, -0.15) is 5.26 Å². The van der Waals surface area contributed by atoms with E-state index in [0.29, 0.717) is 10.6 Å². The van der Waals surface area contributed by atoms with Crippen molar-refractivity contribution < 1.29 is 19.1 Å². The number of allylic oxidation sites excluding steroid dienone is 1. The predicted octanol–water partition coefficient (Wildman–Crippen LogP) is 3.32. The number of likely N-dealkylation sites (tertiary alicyclic amines) is 1. The van der Waals surface area contributed by atoms with E-state index >= 15 is 0 Å². The van der Waals surface area contributed by atoms with Gasteiger partial charge in [0.1, 0.15) is 5.92 Å². The molecule has 0 spiro atoms. The van der Waals surface area contributed by atoms with Gasteiger partial charge >= 0.3 is 5.97 Å². The number of thioether (sulfide) groups is 1. The van der Waals surface area contributed by atoms with Crippen LogP contribution in [0.4, 0.5) is 0 Å². The number of nitrogens with one attached hydrogen (secondary N) is 1. The van der Waals surface area contributed by atoms with E-state index in [0.717, 1.165) is 55.0 Å². The monoisotopic (exact) mass is 505 g/mol. The van der Waals surface area contributed by atoms with Crippen molar-refractivity contribution in [3.05, 3.63) is 44.9 Å². The van der Waals surface area contributed by atoms with Crippen LogP contribution in [0.1, 0.15) is 37.2 Å². The summed E-state index contributed by atoms with van der Waals surface area (Å²) in [5.74, 6) is -3.12. The molecule has 2 aliphatic heterocycles. The first-order chi connectivity index (χ1) is 15.0. The zero-order valence-electron chi connectivity index (χ0n) is 17.2. The van der Waals surface area contributed by atoms with Gasteiger partial charge in [0.15, 0.2) is 0 Å². The molecule has 7 nitrogen and oxygen atoms in total. The number of hydrogen-bond acceptors (Lipinski definition) is 6. The number of methoxy groups -OCH3 is 1. The van der Waals surface area contributed by atoms with Crippen LogP contribution >= 0.6 is 27.7 Å². The molecule has 0 aliphatic carbocycles. The van der Waals surface area contributed by atoms with Crippen molar-refractivity contribution in [1.29, 1.82) is 5.26 Å². The Morgan fingerprint density at radius 2 is 2.00 bits per heavy atom. The highest BCUT2D eigenvalue weighted by Crippen LogP contribution is 2.40. The number of ether oxygens (including phenoxy) is 1. The second-order valence-corrected chi connectivity index (χ2v) is 9.36. The maximum atomic E-state index is 12.9. The first-order valence-corrected chi connectivity index (χ1v) is 11.9. The Morgan fingerprint density at radius 1 is 1.29 bits per heavy atom. The van der Waals surface area contributed by atoms with E-state index in [-0.39, 0.29) is 17.2 Å². The molecule has 164 valence electrons. The molecule has 2 atom stereocenters. The average molecular weight is 506 g/mol. The van der Waals surface area contributed by atoms with Crippen molar-refractivity contribution in [3.8, 4) is 6.07 Å². The molecule has 31 heavy (non-hydrogen) atoms. The number of nitriles is 1. The van der Waals surface area contributed by atoms with Crippen molar-refractivity contribution in [2.45, 2.75) is 31.6 Å². The Labute approximate surface area is 194 Å². The molecule has 1 fully saturated rings. The summed E-state index contributed by atoms with van der Waals surface area (Å²) in [6, 6.07) is 9.32. The van der Waals surface area contributed by atoms with Crippen molar-refractivity contribution in [1.82, 2.24) is 10.2 Å². The fraction of sp³-hybridized carbons (Fsp3) is 0.455. The largest absolute Gasteiger partial charge is 0.468 e. The zero-order chi connectivity index (χ0) is 22.4. The maximum Gasteiger partial charge on any atom is 0.319 e. The van der Waals surface area contributed by atoms with Gasteiger partial charge in [0, 0.05) is 23.5 Å². The van der Waals surface area contributed by atoms with E-state index in [2.05, 4.69) is 27.3 Å². The lowest BCUT2D eigenvalue weighted by Crippen LogP contribution is -2.44. The number of hydrogen-bond donors (Lipinski definition) is 1. The Hall–Kier alpha value is -2.31. The number of rotatable bonds is 5. The molecule has 3 rings (SSSR count). The Balaban J connectivity index is 1.90. The first kappa shape index (κ1) is 23.4. The highest BCUT2D eigenvalue weighted by Gasteiger charge is 2.44. The molecule has 1 aromatic carbocycles. The Kier molecular flexibility index (Phi) is 8.15. The third-order valence-corrected chi connectivity index (χ3v) is 6.99. The van der Waals surface area contributed by atoms with E-state index < -0.39 is 23.7 Å². The van der Waals surface area contributed by atoms with Gasteiger partial charge in [0.05, 0.1) is 29.5 Å². The fourth-order valence-electron chi connectivity index (χ4n) is 3.92. The van der Waals surface area contributed by atoms with Gasteiger partial charge < -0.3 is 15.0 Å². The summed E-state index contributed by atoms with van der Waals surface area (Å²) in [4.78, 5) is 39.8. The molecule has 0 radical (unpaired) electrons. The third kappa shape index (κ3) is 5.49. The number of halogens is 1. The van der Waals surface area contributed by atoms with Crippen LogP contribution in [0.15, 0.2) is 39.3 Å². The number of carbonyl (C=O) groups excluding carboxylic acids is 3. The second-order valence-electron chi connectivity index (χ2n) is 7.46. The van der Waals surface area contributed by atoms with Crippen molar-refractivity contribution in [2.75, 3.05) is 26.0 Å². The molecule has 0 bridgehead atoms. The number of amides is 2. The fourth-order valence-corrected chi connectivity index (χ4v) is 5.29. The van der Waals surface area contributed by atoms with Gasteiger partial charge in [-0.1, -0.05) is 52.7 Å². The average Bonchev–Trinajstić information content (AvgIpc) is 3.06. The van der Waals surface area contributed by atoms with Crippen LogP contribution in [0.3, 0.4) is 0 Å². The topological polar surface area (TPSA) is 99.5 Å². The van der Waals surface area contributed by atoms with Gasteiger partial charge in [-0.05, 0) is 30.5 Å². The first-order valence-electron chi connectivity index (χ1n) is 10.1. The predicted molar refractivity (Wildman–Crippen MR) is 121 cm³/mol. The molecule has 0 aromatic heterocycles. The summed E-state index contributed by atoms with van der Waals surface area (Å²) in [6.07, 6.45) is 4.23. The number of carbonyl (C=O) groups is 3. The molecule has 2 amide bonds. The molecule has 0 saturated carbocycles. The van der Waals surface area contributed by atoms with Gasteiger partial charge in [0.25, 0.3) is 0 Å². The summed E-state index contributed by atoms with van der Waals surface area (Å²) in [5, 5.41) is 12.9. The minimum atomic E-state index is -1.18. The standard InChI is InChI=1S/C22H24BrN3O4S/c1-30-22(29)19-18(14-7-6-8-15(23)11-14)16(12-24)21(25-20(19)28)31-13-17(27)26-9-4-2-3-5-10-26/h6-8,11,18-19H,2-5,9-10,13H2,1H3,(H,25,28)/t18-,19+/m0/s1. The van der Waals surface area contributed by atoms with Crippen molar-refractivity contribution in [3.63, 3.8) is 0 Å². The quantitative estimate of drug-likeness (QED) is 0.486. The minimum Gasteiger partial charge on any atom is -0.468 e. The lowest BCUT2D eigenvalue weighted by atomic mass is 9.78. The van der Waals surface area contributed by atoms with Crippen LogP contribution in [0, 0.1) is 17.2 Å². The van der Waals surface area contributed by atoms with Crippen molar-refractivity contribution >= 4 is 45.5 Å². The SMILES string of the molecule is COC(=O)[C@H]1C(=O)NC(SCC(=O)N2CCCCCC2)=C(C#N)[C@@H]1c1cccc(Br)c1. The van der Waals surface area contributed by atoms with E-state index in [1.165, 1.54) is 7.11 Å². The summed E-state index contributed by atoms with van der Waals surface area (Å²) in [6.45, 7) is 1.47. The molecule has 1 saturated heterocycles. The maximum absolute atomic E-state index is 12.9. The second kappa shape index (κ2) is 10.8. The number of nitrogens with zero attached hydrogens (tertiary/aromatic N) is 2. The smallest absolute Gasteiger partial charge is 0.319 e. The van der Waals surface area contributed by atoms with E-state index in [4.69, 9.17) is 4.74 Å². The highest BCUT2D eigenvalue weighted by atomic mass is 79.9. The summed E-state index contributed by atoms with van der Waals surface area (Å²) < 4.78 is 5.61. The molecule has 2 heterocycles. The van der Waals surface area contributed by atoms with Gasteiger partial charge in [0.2, 0.25) is 11.8 Å². The summed E-state index contributed by atoms with van der Waals surface area (Å²) in [5.41, 5.74) is 0.898. The van der Waals surface area contributed by atoms with E-state index in [1.807, 2.05) is 11.0 Å². The van der Waals surface area contributed by atoms with Crippen LogP contribution in [-0.2, 0) is 19.1 Å². The third-order valence-electron chi connectivity index (χ3n) is 5.49. The van der Waals surface area contributed by atoms with Crippen LogP contribution in [0.5, 0.6) is 0 Å². The molecule has 1 aromatic rings. The van der Waals surface area contributed by atoms with Gasteiger partial charge in [-0.25, -0.2) is 0 Å². The highest BCUT2D eigenvalue weighted by molar-refractivity contribution is 9.10. The van der Waals surface area contributed by atoms with Crippen LogP contribution in [0.2, 0.25) is 0 Å². The molecular weight excluding hydrogens is 482 g/mol. The van der Waals surface area contributed by atoms with Crippen LogP contribution < -0.4 is 5.32 Å². The molecule has 9 heteroatoms. The Morgan fingerprint density at radius 3 is 2.61 bits per heavy atom. The molecular formula is C22H24BrN3O4S.